The van der Waals surface area contributed by atoms with Crippen molar-refractivity contribution < 1.29 is 10.2 Å². The van der Waals surface area contributed by atoms with Crippen LogP contribution in [0, 0.1) is 0 Å². The first-order valence-corrected chi connectivity index (χ1v) is 1.56. The van der Waals surface area contributed by atoms with E-state index in [1.807, 2.05) is 0 Å². The predicted molar refractivity (Wildman–Crippen MR) is 18.8 cm³/mol. The maximum atomic E-state index is 8.11. The molecule has 0 aromatic carbocycles. The first kappa shape index (κ1) is 4.92. The molecule has 2 nitrogen and oxygen atoms in total. The van der Waals surface area contributed by atoms with Gasteiger partial charge in [0.1, 0.15) is 0 Å². The van der Waals surface area contributed by atoms with E-state index in [-0.39, 0.29) is 6.61 Å². The lowest BCUT2D eigenvalue weighted by molar-refractivity contribution is 0.110. The second-order valence-electron chi connectivity index (χ2n) is 1.03. The number of hydrogen-bond donors (Lipinski definition) is 2. The zero-order valence-corrected chi connectivity index (χ0v) is 3.18. The Morgan fingerprint density at radius 1 is 2.00 bits per heavy atom. The highest BCUT2D eigenvalue weighted by Crippen LogP contribution is 1.68. The van der Waals surface area contributed by atoms with E-state index in [0.29, 0.717) is 0 Å². The van der Waals surface area contributed by atoms with Gasteiger partial charge in [0.25, 0.3) is 0 Å². The van der Waals surface area contributed by atoms with Crippen molar-refractivity contribution in [1.82, 2.24) is 0 Å². The van der Waals surface area contributed by atoms with Crippen molar-refractivity contribution in [3.63, 3.8) is 0 Å². The second kappa shape index (κ2) is 2.18. The fourth-order valence-corrected chi connectivity index (χ4v) is 0. The van der Waals surface area contributed by atoms with Gasteiger partial charge in [-0.25, -0.2) is 0 Å². The molecule has 2 N–H and O–H groups in total. The summed E-state index contributed by atoms with van der Waals surface area (Å²) in [4.78, 5) is 0. The Morgan fingerprint density at radius 3 is 2.20 bits per heavy atom. The van der Waals surface area contributed by atoms with Crippen LogP contribution in [0.1, 0.15) is 6.92 Å². The summed E-state index contributed by atoms with van der Waals surface area (Å²) in [7, 11) is 0. The van der Waals surface area contributed by atoms with Crippen molar-refractivity contribution in [2.45, 2.75) is 13.0 Å². The van der Waals surface area contributed by atoms with E-state index in [1.165, 1.54) is 6.92 Å². The Kier molecular flexibility index (Phi) is 2.14. The summed E-state index contributed by atoms with van der Waals surface area (Å²) in [5.74, 6) is 0. The summed E-state index contributed by atoms with van der Waals surface area (Å²) in [5.41, 5.74) is 0. The smallest absolute Gasteiger partial charge is 0.0742 e. The van der Waals surface area contributed by atoms with Gasteiger partial charge in [-0.15, -0.1) is 0 Å². The molecule has 0 aliphatic carbocycles. The van der Waals surface area contributed by atoms with Gasteiger partial charge in [0.05, 0.1) is 12.7 Å². The minimum Gasteiger partial charge on any atom is -0.394 e. The average Bonchev–Trinajstić information content (AvgIpc) is 1.38. The van der Waals surface area contributed by atoms with E-state index in [9.17, 15) is 0 Å². The number of aliphatic hydroxyl groups is 2. The van der Waals surface area contributed by atoms with Gasteiger partial charge in [0.2, 0.25) is 0 Å². The molecule has 0 amide bonds. The Labute approximate surface area is 31.1 Å². The first-order chi connectivity index (χ1) is 2.27. The van der Waals surface area contributed by atoms with E-state index in [2.05, 4.69) is 0 Å². The maximum absolute atomic E-state index is 8.11. The molecule has 1 atom stereocenters. The van der Waals surface area contributed by atoms with Gasteiger partial charge in [0, 0.05) is 0 Å². The van der Waals surface area contributed by atoms with Gasteiger partial charge < -0.3 is 10.2 Å². The number of rotatable bonds is 1. The fourth-order valence-electron chi connectivity index (χ4n) is 0. The van der Waals surface area contributed by atoms with E-state index >= 15 is 0 Å². The molecule has 5 heavy (non-hydrogen) atoms. The third-order valence-electron chi connectivity index (χ3n) is 0.264. The molecule has 2 heteroatoms. The summed E-state index contributed by atoms with van der Waals surface area (Å²) in [6.45, 7) is 1.39. The van der Waals surface area contributed by atoms with Crippen molar-refractivity contribution in [2.75, 3.05) is 6.61 Å². The Hall–Kier alpha value is -0.0800. The van der Waals surface area contributed by atoms with E-state index < -0.39 is 6.10 Å². The van der Waals surface area contributed by atoms with Gasteiger partial charge in [-0.3, -0.25) is 0 Å². The van der Waals surface area contributed by atoms with Gasteiger partial charge >= 0.3 is 0 Å². The third kappa shape index (κ3) is 3.92. The second-order valence-corrected chi connectivity index (χ2v) is 1.03. The van der Waals surface area contributed by atoms with E-state index in [0.717, 1.165) is 0 Å². The van der Waals surface area contributed by atoms with Crippen LogP contribution in [0.3, 0.4) is 0 Å². The molecule has 0 bridgehead atoms. The van der Waals surface area contributed by atoms with Crippen LogP contribution in [0.5, 0.6) is 0 Å². The highest BCUT2D eigenvalue weighted by atomic mass is 17.2. The highest BCUT2D eigenvalue weighted by Gasteiger charge is 1.83. The maximum Gasteiger partial charge on any atom is 0.0742 e. The third-order valence-corrected chi connectivity index (χ3v) is 0.264. The SMILES string of the molecule is CC(O)C[17OH]. The normalized spacial score (nSPS) is 15.0. The highest BCUT2D eigenvalue weighted by molar-refractivity contribution is 4.33. The topological polar surface area (TPSA) is 40.5 Å². The molecule has 1 unspecified atom stereocenters. The van der Waals surface area contributed by atoms with Crippen molar-refractivity contribution in [2.24, 2.45) is 0 Å². The lowest BCUT2D eigenvalue weighted by atomic mass is 10.5. The van der Waals surface area contributed by atoms with Crippen LogP contribution in [-0.4, -0.2) is 22.9 Å². The van der Waals surface area contributed by atoms with Crippen LogP contribution in [0.4, 0.5) is 0 Å². The van der Waals surface area contributed by atoms with Crippen LogP contribution < -0.4 is 0 Å². The molecule has 0 rings (SSSR count). The summed E-state index contributed by atoms with van der Waals surface area (Å²) >= 11 is 0. The first-order valence-electron chi connectivity index (χ1n) is 1.56. The average molecular weight is 77.1 g/mol. The largest absolute Gasteiger partial charge is 0.394 e. The fraction of sp³-hybridized carbons (Fsp3) is 1.00. The zero-order chi connectivity index (χ0) is 4.28. The van der Waals surface area contributed by atoms with Gasteiger partial charge in [-0.05, 0) is 6.92 Å². The standard InChI is InChI=1S/C3H8O2/c1-3(5)2-4/h3-5H,2H2,1H3/i4+1. The molecule has 0 spiro atoms. The van der Waals surface area contributed by atoms with E-state index in [4.69, 9.17) is 10.2 Å². The molecule has 0 heterocycles. The van der Waals surface area contributed by atoms with Crippen molar-refractivity contribution in [3.8, 4) is 0 Å². The van der Waals surface area contributed by atoms with Crippen LogP contribution >= 0.6 is 0 Å². The molecule has 0 aromatic heterocycles. The molecule has 0 radical (unpaired) electrons. The van der Waals surface area contributed by atoms with Crippen molar-refractivity contribution in [1.29, 1.82) is 0 Å². The van der Waals surface area contributed by atoms with Crippen LogP contribution in [0.25, 0.3) is 0 Å². The quantitative estimate of drug-likeness (QED) is 0.437. The molecule has 0 saturated carbocycles. The van der Waals surface area contributed by atoms with Gasteiger partial charge in [0.15, 0.2) is 0 Å². The lowest BCUT2D eigenvalue weighted by Crippen LogP contribution is -2.03. The number of hydrogen-bond acceptors (Lipinski definition) is 2. The summed E-state index contributed by atoms with van der Waals surface area (Å²) in [6.07, 6.45) is -0.560. The Morgan fingerprint density at radius 2 is 2.20 bits per heavy atom. The van der Waals surface area contributed by atoms with Gasteiger partial charge in [-0.2, -0.15) is 0 Å². The lowest BCUT2D eigenvalue weighted by Gasteiger charge is -1.90. The van der Waals surface area contributed by atoms with Crippen molar-refractivity contribution >= 4 is 0 Å². The molecule has 0 aliphatic heterocycles. The van der Waals surface area contributed by atoms with Crippen molar-refractivity contribution in [3.05, 3.63) is 0 Å². The van der Waals surface area contributed by atoms with Crippen LogP contribution in [0.15, 0.2) is 0 Å². The Bertz CT molecular complexity index is 18.9. The molecule has 0 saturated heterocycles. The molecule has 32 valence electrons. The zero-order valence-electron chi connectivity index (χ0n) is 3.18. The minimum absolute atomic E-state index is 0.139. The summed E-state index contributed by atoms with van der Waals surface area (Å²) in [6, 6.07) is 0. The predicted octanol–water partition coefficient (Wildman–Crippen LogP) is -0.641. The van der Waals surface area contributed by atoms with Crippen LogP contribution in [0.2, 0.25) is 0 Å². The summed E-state index contributed by atoms with van der Waals surface area (Å²) in [5, 5.41) is 16.0. The van der Waals surface area contributed by atoms with Gasteiger partial charge in [-0.1, -0.05) is 0 Å². The van der Waals surface area contributed by atoms with E-state index in [1.54, 1.807) is 0 Å². The van der Waals surface area contributed by atoms with Crippen LogP contribution in [-0.2, 0) is 0 Å². The monoisotopic (exact) mass is 77.1 g/mol. The molecule has 0 fully saturated rings. The molecular weight excluding hydrogens is 69.0 g/mol. The summed E-state index contributed by atoms with van der Waals surface area (Å²) < 4.78 is 0. The molecular formula is C3H8O2. The Balaban J connectivity index is 2.54. The molecule has 0 aromatic rings. The number of aliphatic hydroxyl groups excluding tert-OH is 2. The molecule has 0 aliphatic rings. The minimum atomic E-state index is -0.560.